The van der Waals surface area contributed by atoms with Gasteiger partial charge in [0.1, 0.15) is 0 Å². The predicted octanol–water partition coefficient (Wildman–Crippen LogP) is 0.977. The van der Waals surface area contributed by atoms with Crippen LogP contribution in [0, 0.1) is 6.92 Å². The summed E-state index contributed by atoms with van der Waals surface area (Å²) in [5.41, 5.74) is 0.967. The van der Waals surface area contributed by atoms with E-state index in [1.807, 2.05) is 19.9 Å². The molecular weight excluding hydrogens is 236 g/mol. The van der Waals surface area contributed by atoms with E-state index in [0.29, 0.717) is 24.5 Å². The average Bonchev–Trinajstić information content (AvgIpc) is 2.29. The van der Waals surface area contributed by atoms with Crippen molar-refractivity contribution in [2.24, 2.45) is 0 Å². The Morgan fingerprint density at radius 1 is 1.41 bits per heavy atom. The standard InChI is InChI=1S/C12H18N2O2S/c1-10-4-3-5-12(8-10)17(15,16)14-7-6-13-11(2)9-14/h3-5,8,11,13H,6-7,9H2,1-2H3/t11-/m0/s1. The Labute approximate surface area is 103 Å². The Kier molecular flexibility index (Phi) is 3.51. The van der Waals surface area contributed by atoms with Crippen LogP contribution in [0.5, 0.6) is 0 Å². The van der Waals surface area contributed by atoms with Crippen LogP contribution in [-0.2, 0) is 10.0 Å². The van der Waals surface area contributed by atoms with E-state index >= 15 is 0 Å². The molecule has 1 heterocycles. The minimum absolute atomic E-state index is 0.211. The summed E-state index contributed by atoms with van der Waals surface area (Å²) in [5.74, 6) is 0. The molecule has 0 unspecified atom stereocenters. The molecule has 1 aromatic rings. The number of sulfonamides is 1. The third kappa shape index (κ3) is 2.68. The van der Waals surface area contributed by atoms with E-state index in [1.165, 1.54) is 0 Å². The Bertz CT molecular complexity index is 499. The molecule has 4 nitrogen and oxygen atoms in total. The monoisotopic (exact) mass is 254 g/mol. The van der Waals surface area contributed by atoms with Crippen molar-refractivity contribution in [3.05, 3.63) is 29.8 Å². The third-order valence-electron chi connectivity index (χ3n) is 2.96. The summed E-state index contributed by atoms with van der Waals surface area (Å²) in [6.45, 7) is 5.69. The lowest BCUT2D eigenvalue weighted by Gasteiger charge is -2.31. The molecule has 0 saturated carbocycles. The Morgan fingerprint density at radius 3 is 2.82 bits per heavy atom. The molecule has 1 saturated heterocycles. The minimum Gasteiger partial charge on any atom is -0.312 e. The number of aryl methyl sites for hydroxylation is 1. The lowest BCUT2D eigenvalue weighted by atomic mass is 10.2. The van der Waals surface area contributed by atoms with Gasteiger partial charge in [0.2, 0.25) is 10.0 Å². The highest BCUT2D eigenvalue weighted by molar-refractivity contribution is 7.89. The SMILES string of the molecule is Cc1cccc(S(=O)(=O)N2CCN[C@@H](C)C2)c1. The van der Waals surface area contributed by atoms with Gasteiger partial charge in [-0.2, -0.15) is 4.31 Å². The van der Waals surface area contributed by atoms with Crippen LogP contribution in [-0.4, -0.2) is 38.4 Å². The first-order chi connectivity index (χ1) is 8.00. The average molecular weight is 254 g/mol. The van der Waals surface area contributed by atoms with Gasteiger partial charge in [0.25, 0.3) is 0 Å². The molecule has 1 aliphatic heterocycles. The largest absolute Gasteiger partial charge is 0.312 e. The van der Waals surface area contributed by atoms with Gasteiger partial charge in [-0.05, 0) is 31.5 Å². The highest BCUT2D eigenvalue weighted by Crippen LogP contribution is 2.18. The predicted molar refractivity (Wildman–Crippen MR) is 67.4 cm³/mol. The van der Waals surface area contributed by atoms with Crippen LogP contribution in [0.25, 0.3) is 0 Å². The normalized spacial score (nSPS) is 22.6. The van der Waals surface area contributed by atoms with Crippen molar-refractivity contribution in [2.45, 2.75) is 24.8 Å². The fourth-order valence-electron chi connectivity index (χ4n) is 2.04. The molecule has 1 aliphatic rings. The number of nitrogens with one attached hydrogen (secondary N) is 1. The van der Waals surface area contributed by atoms with Crippen LogP contribution in [0.1, 0.15) is 12.5 Å². The number of hydrogen-bond acceptors (Lipinski definition) is 3. The molecular formula is C12H18N2O2S. The van der Waals surface area contributed by atoms with E-state index in [4.69, 9.17) is 0 Å². The summed E-state index contributed by atoms with van der Waals surface area (Å²) in [6, 6.07) is 7.29. The van der Waals surface area contributed by atoms with E-state index < -0.39 is 10.0 Å². The number of benzene rings is 1. The smallest absolute Gasteiger partial charge is 0.243 e. The van der Waals surface area contributed by atoms with Crippen molar-refractivity contribution in [3.63, 3.8) is 0 Å². The summed E-state index contributed by atoms with van der Waals surface area (Å²) in [7, 11) is -3.32. The van der Waals surface area contributed by atoms with Gasteiger partial charge < -0.3 is 5.32 Å². The second-order valence-electron chi connectivity index (χ2n) is 4.53. The number of piperazine rings is 1. The van der Waals surface area contributed by atoms with E-state index in [9.17, 15) is 8.42 Å². The molecule has 0 spiro atoms. The maximum atomic E-state index is 12.4. The molecule has 1 fully saturated rings. The van der Waals surface area contributed by atoms with Gasteiger partial charge in [-0.3, -0.25) is 0 Å². The molecule has 94 valence electrons. The van der Waals surface area contributed by atoms with Crippen molar-refractivity contribution in [1.29, 1.82) is 0 Å². The summed E-state index contributed by atoms with van der Waals surface area (Å²) < 4.78 is 26.3. The molecule has 0 aliphatic carbocycles. The van der Waals surface area contributed by atoms with Gasteiger partial charge in [-0.15, -0.1) is 0 Å². The van der Waals surface area contributed by atoms with Crippen LogP contribution in [0.3, 0.4) is 0 Å². The Balaban J connectivity index is 2.29. The lowest BCUT2D eigenvalue weighted by Crippen LogP contribution is -2.51. The van der Waals surface area contributed by atoms with Gasteiger partial charge in [0, 0.05) is 25.7 Å². The van der Waals surface area contributed by atoms with Gasteiger partial charge in [-0.1, -0.05) is 12.1 Å². The van der Waals surface area contributed by atoms with Crippen LogP contribution in [0.15, 0.2) is 29.2 Å². The molecule has 0 aromatic heterocycles. The summed E-state index contributed by atoms with van der Waals surface area (Å²) in [6.07, 6.45) is 0. The highest BCUT2D eigenvalue weighted by atomic mass is 32.2. The zero-order valence-corrected chi connectivity index (χ0v) is 11.0. The quantitative estimate of drug-likeness (QED) is 0.856. The zero-order valence-electron chi connectivity index (χ0n) is 10.2. The summed E-state index contributed by atoms with van der Waals surface area (Å²) in [5, 5.41) is 3.24. The fourth-order valence-corrected chi connectivity index (χ4v) is 3.68. The van der Waals surface area contributed by atoms with Crippen molar-refractivity contribution in [2.75, 3.05) is 19.6 Å². The highest BCUT2D eigenvalue weighted by Gasteiger charge is 2.28. The van der Waals surface area contributed by atoms with Crippen LogP contribution in [0.4, 0.5) is 0 Å². The summed E-state index contributed by atoms with van der Waals surface area (Å²) >= 11 is 0. The fraction of sp³-hybridized carbons (Fsp3) is 0.500. The van der Waals surface area contributed by atoms with E-state index in [-0.39, 0.29) is 6.04 Å². The molecule has 0 radical (unpaired) electrons. The second kappa shape index (κ2) is 4.76. The van der Waals surface area contributed by atoms with Crippen molar-refractivity contribution in [3.8, 4) is 0 Å². The van der Waals surface area contributed by atoms with Crippen molar-refractivity contribution < 1.29 is 8.42 Å². The Hall–Kier alpha value is -0.910. The minimum atomic E-state index is -3.32. The number of hydrogen-bond donors (Lipinski definition) is 1. The van der Waals surface area contributed by atoms with E-state index in [2.05, 4.69) is 5.32 Å². The van der Waals surface area contributed by atoms with E-state index in [0.717, 1.165) is 5.56 Å². The van der Waals surface area contributed by atoms with Gasteiger partial charge in [-0.25, -0.2) is 8.42 Å². The maximum absolute atomic E-state index is 12.4. The molecule has 5 heteroatoms. The van der Waals surface area contributed by atoms with Crippen molar-refractivity contribution >= 4 is 10.0 Å². The zero-order chi connectivity index (χ0) is 12.5. The summed E-state index contributed by atoms with van der Waals surface area (Å²) in [4.78, 5) is 0.395. The first-order valence-corrected chi connectivity index (χ1v) is 7.24. The molecule has 1 aromatic carbocycles. The van der Waals surface area contributed by atoms with Crippen molar-refractivity contribution in [1.82, 2.24) is 9.62 Å². The molecule has 17 heavy (non-hydrogen) atoms. The number of nitrogens with zero attached hydrogens (tertiary/aromatic N) is 1. The molecule has 1 atom stereocenters. The third-order valence-corrected chi connectivity index (χ3v) is 4.82. The van der Waals surface area contributed by atoms with Crippen LogP contribution >= 0.6 is 0 Å². The van der Waals surface area contributed by atoms with Gasteiger partial charge in [0.05, 0.1) is 4.90 Å². The van der Waals surface area contributed by atoms with Gasteiger partial charge in [0.15, 0.2) is 0 Å². The lowest BCUT2D eigenvalue weighted by molar-refractivity contribution is 0.310. The molecule has 0 amide bonds. The van der Waals surface area contributed by atoms with Crippen LogP contribution < -0.4 is 5.32 Å². The molecule has 0 bridgehead atoms. The molecule has 2 rings (SSSR count). The van der Waals surface area contributed by atoms with Crippen LogP contribution in [0.2, 0.25) is 0 Å². The topological polar surface area (TPSA) is 49.4 Å². The molecule has 1 N–H and O–H groups in total. The van der Waals surface area contributed by atoms with E-state index in [1.54, 1.807) is 22.5 Å². The Morgan fingerprint density at radius 2 is 2.18 bits per heavy atom. The van der Waals surface area contributed by atoms with Gasteiger partial charge >= 0.3 is 0 Å². The second-order valence-corrected chi connectivity index (χ2v) is 6.47. The first kappa shape index (κ1) is 12.5. The first-order valence-electron chi connectivity index (χ1n) is 5.80. The number of rotatable bonds is 2. The maximum Gasteiger partial charge on any atom is 0.243 e.